The van der Waals surface area contributed by atoms with E-state index in [9.17, 15) is 0 Å². The van der Waals surface area contributed by atoms with Gasteiger partial charge in [0.2, 0.25) is 0 Å². The van der Waals surface area contributed by atoms with E-state index >= 15 is 0 Å². The van der Waals surface area contributed by atoms with Gasteiger partial charge in [-0.25, -0.2) is 0 Å². The summed E-state index contributed by atoms with van der Waals surface area (Å²) in [4.78, 5) is 5.95. The average Bonchev–Trinajstić information content (AvgIpc) is 2.83. The predicted molar refractivity (Wildman–Crippen MR) is 71.7 cm³/mol. The molecule has 0 bridgehead atoms. The van der Waals surface area contributed by atoms with E-state index in [0.29, 0.717) is 6.04 Å². The fraction of sp³-hybridized carbons (Fsp3) is 0.467. The zero-order valence-corrected chi connectivity index (χ0v) is 10.6. The molecule has 0 radical (unpaired) electrons. The highest BCUT2D eigenvalue weighted by molar-refractivity contribution is 5.88. The molecular weight excluding hydrogens is 224 g/mol. The van der Waals surface area contributed by atoms with Crippen molar-refractivity contribution in [2.24, 2.45) is 0 Å². The van der Waals surface area contributed by atoms with Crippen molar-refractivity contribution < 1.29 is 4.74 Å². The summed E-state index contributed by atoms with van der Waals surface area (Å²) in [6.45, 7) is 5.27. The first-order valence-electron chi connectivity index (χ1n) is 6.83. The number of rotatable bonds is 1. The Balaban J connectivity index is 1.89. The molecule has 0 amide bonds. The highest BCUT2D eigenvalue weighted by atomic mass is 16.5. The van der Waals surface area contributed by atoms with E-state index in [0.717, 1.165) is 26.1 Å². The molecule has 18 heavy (non-hydrogen) atoms. The number of hydrogen-bond acceptors (Lipinski definition) is 2. The third-order valence-electron chi connectivity index (χ3n) is 4.46. The number of fused-ring (bicyclic) bond motifs is 2. The Morgan fingerprint density at radius 1 is 1.44 bits per heavy atom. The molecule has 1 aliphatic heterocycles. The van der Waals surface area contributed by atoms with E-state index in [1.807, 2.05) is 0 Å². The van der Waals surface area contributed by atoms with Gasteiger partial charge in [-0.1, -0.05) is 19.1 Å². The Labute approximate surface area is 107 Å². The molecule has 1 saturated heterocycles. The van der Waals surface area contributed by atoms with Gasteiger partial charge in [-0.05, 0) is 30.2 Å². The lowest BCUT2D eigenvalue weighted by atomic mass is 9.85. The van der Waals surface area contributed by atoms with Crippen LogP contribution in [-0.4, -0.2) is 35.6 Å². The Hall–Kier alpha value is -1.32. The fourth-order valence-corrected chi connectivity index (χ4v) is 3.60. The molecule has 0 spiro atoms. The van der Waals surface area contributed by atoms with Crippen LogP contribution in [0, 0.1) is 0 Å². The summed E-state index contributed by atoms with van der Waals surface area (Å²) in [5.41, 5.74) is 4.07. The van der Waals surface area contributed by atoms with Crippen LogP contribution in [0.5, 0.6) is 0 Å². The van der Waals surface area contributed by atoms with Crippen LogP contribution in [0.15, 0.2) is 24.4 Å². The molecule has 1 aromatic carbocycles. The number of morpholine rings is 1. The van der Waals surface area contributed by atoms with Crippen LogP contribution in [-0.2, 0) is 11.2 Å². The molecule has 3 nitrogen and oxygen atoms in total. The van der Waals surface area contributed by atoms with Crippen LogP contribution in [0.2, 0.25) is 0 Å². The summed E-state index contributed by atoms with van der Waals surface area (Å²) in [5, 5.41) is 1.40. The molecule has 2 heterocycles. The number of nitrogens with zero attached hydrogens (tertiary/aromatic N) is 1. The Morgan fingerprint density at radius 3 is 3.28 bits per heavy atom. The summed E-state index contributed by atoms with van der Waals surface area (Å²) in [7, 11) is 0. The normalized spacial score (nSPS) is 27.4. The number of aromatic nitrogens is 1. The Kier molecular flexibility index (Phi) is 2.26. The van der Waals surface area contributed by atoms with Crippen molar-refractivity contribution in [1.29, 1.82) is 0 Å². The molecule has 94 valence electrons. The van der Waals surface area contributed by atoms with Gasteiger partial charge in [-0.3, -0.25) is 4.90 Å². The average molecular weight is 242 g/mol. The number of H-pyrrole nitrogens is 1. The lowest BCUT2D eigenvalue weighted by Crippen LogP contribution is -2.49. The molecule has 0 saturated carbocycles. The molecule has 1 aromatic heterocycles. The van der Waals surface area contributed by atoms with Crippen LogP contribution >= 0.6 is 0 Å². The number of ether oxygens (including phenoxy) is 1. The second kappa shape index (κ2) is 3.84. The first kappa shape index (κ1) is 10.6. The summed E-state index contributed by atoms with van der Waals surface area (Å²) >= 11 is 0. The zero-order chi connectivity index (χ0) is 12.1. The van der Waals surface area contributed by atoms with Crippen LogP contribution in [0.1, 0.15) is 24.2 Å². The maximum Gasteiger partial charge on any atom is 0.0990 e. The largest absolute Gasteiger partial charge is 0.371 e. The van der Waals surface area contributed by atoms with E-state index in [1.165, 1.54) is 22.0 Å². The fourth-order valence-electron chi connectivity index (χ4n) is 3.60. The Bertz CT molecular complexity index is 589. The minimum Gasteiger partial charge on any atom is -0.371 e. The SMILES string of the molecule is CCN1CCO[C@@H]2c3cccc4[nH]cc(c34)C[C@H]21. The predicted octanol–water partition coefficient (Wildman–Crippen LogP) is 2.49. The molecule has 3 heteroatoms. The quantitative estimate of drug-likeness (QED) is 0.832. The van der Waals surface area contributed by atoms with E-state index in [2.05, 4.69) is 41.2 Å². The number of aromatic amines is 1. The van der Waals surface area contributed by atoms with Crippen LogP contribution < -0.4 is 0 Å². The summed E-state index contributed by atoms with van der Waals surface area (Å²) in [6, 6.07) is 7.03. The lowest BCUT2D eigenvalue weighted by Gasteiger charge is -2.43. The summed E-state index contributed by atoms with van der Waals surface area (Å²) in [6.07, 6.45) is 3.54. The summed E-state index contributed by atoms with van der Waals surface area (Å²) in [5.74, 6) is 0. The minimum atomic E-state index is 0.255. The van der Waals surface area contributed by atoms with Gasteiger partial charge in [0.25, 0.3) is 0 Å². The number of likely N-dealkylation sites (N-methyl/N-ethyl adjacent to an activating group) is 1. The highest BCUT2D eigenvalue weighted by Gasteiger charge is 2.37. The second-order valence-electron chi connectivity index (χ2n) is 5.28. The standard InChI is InChI=1S/C15H18N2O/c1-2-17-6-7-18-15-11-4-3-5-12-14(11)10(9-16-12)8-13(15)17/h3-5,9,13,15-16H,2,6-8H2,1H3/t13-,15-/m1/s1. The smallest absolute Gasteiger partial charge is 0.0990 e. The molecule has 2 aromatic rings. The molecule has 1 N–H and O–H groups in total. The second-order valence-corrected chi connectivity index (χ2v) is 5.28. The molecule has 0 unspecified atom stereocenters. The minimum absolute atomic E-state index is 0.255. The van der Waals surface area contributed by atoms with Gasteiger partial charge in [0.1, 0.15) is 0 Å². The number of hydrogen-bond donors (Lipinski definition) is 1. The monoisotopic (exact) mass is 242 g/mol. The number of nitrogens with one attached hydrogen (secondary N) is 1. The van der Waals surface area contributed by atoms with Crippen molar-refractivity contribution in [3.63, 3.8) is 0 Å². The topological polar surface area (TPSA) is 28.3 Å². The van der Waals surface area contributed by atoms with E-state index in [-0.39, 0.29) is 6.10 Å². The Morgan fingerprint density at radius 2 is 2.39 bits per heavy atom. The first-order valence-corrected chi connectivity index (χ1v) is 6.83. The van der Waals surface area contributed by atoms with Crippen molar-refractivity contribution in [3.05, 3.63) is 35.5 Å². The molecule has 4 rings (SSSR count). The van der Waals surface area contributed by atoms with Crippen molar-refractivity contribution >= 4 is 10.9 Å². The molecule has 1 fully saturated rings. The molecule has 1 aliphatic carbocycles. The van der Waals surface area contributed by atoms with Crippen molar-refractivity contribution in [2.75, 3.05) is 19.7 Å². The molecular formula is C15H18N2O. The van der Waals surface area contributed by atoms with Crippen molar-refractivity contribution in [1.82, 2.24) is 9.88 Å². The van der Waals surface area contributed by atoms with E-state index < -0.39 is 0 Å². The van der Waals surface area contributed by atoms with Gasteiger partial charge in [0, 0.05) is 29.7 Å². The van der Waals surface area contributed by atoms with Gasteiger partial charge < -0.3 is 9.72 Å². The third-order valence-corrected chi connectivity index (χ3v) is 4.46. The van der Waals surface area contributed by atoms with Crippen molar-refractivity contribution in [2.45, 2.75) is 25.5 Å². The van der Waals surface area contributed by atoms with Gasteiger partial charge in [-0.2, -0.15) is 0 Å². The maximum atomic E-state index is 6.07. The maximum absolute atomic E-state index is 6.07. The van der Waals surface area contributed by atoms with Gasteiger partial charge in [0.15, 0.2) is 0 Å². The zero-order valence-electron chi connectivity index (χ0n) is 10.6. The van der Waals surface area contributed by atoms with Gasteiger partial charge in [-0.15, -0.1) is 0 Å². The van der Waals surface area contributed by atoms with Gasteiger partial charge >= 0.3 is 0 Å². The molecule has 2 aliphatic rings. The van der Waals surface area contributed by atoms with E-state index in [1.54, 1.807) is 0 Å². The first-order chi connectivity index (χ1) is 8.88. The highest BCUT2D eigenvalue weighted by Crippen LogP contribution is 2.40. The number of benzene rings is 1. The third kappa shape index (κ3) is 1.32. The lowest BCUT2D eigenvalue weighted by molar-refractivity contribution is -0.0722. The van der Waals surface area contributed by atoms with Crippen LogP contribution in [0.25, 0.3) is 10.9 Å². The van der Waals surface area contributed by atoms with Crippen molar-refractivity contribution in [3.8, 4) is 0 Å². The molecule has 2 atom stereocenters. The van der Waals surface area contributed by atoms with Crippen LogP contribution in [0.4, 0.5) is 0 Å². The van der Waals surface area contributed by atoms with Gasteiger partial charge in [0.05, 0.1) is 12.7 Å². The van der Waals surface area contributed by atoms with Crippen LogP contribution in [0.3, 0.4) is 0 Å². The summed E-state index contributed by atoms with van der Waals surface area (Å²) < 4.78 is 6.07. The van der Waals surface area contributed by atoms with E-state index in [4.69, 9.17) is 4.74 Å².